The van der Waals surface area contributed by atoms with E-state index in [1.165, 1.54) is 21.2 Å². The largest absolute Gasteiger partial charge is 0.493 e. The van der Waals surface area contributed by atoms with Gasteiger partial charge in [0.2, 0.25) is 5.91 Å². The van der Waals surface area contributed by atoms with Crippen molar-refractivity contribution in [2.75, 3.05) is 12.4 Å². The summed E-state index contributed by atoms with van der Waals surface area (Å²) in [7, 11) is 0. The minimum atomic E-state index is -0.176. The smallest absolute Gasteiger partial charge is 0.289 e. The molecule has 154 valence electrons. The van der Waals surface area contributed by atoms with E-state index < -0.39 is 0 Å². The first-order valence-electron chi connectivity index (χ1n) is 10.3. The van der Waals surface area contributed by atoms with Crippen LogP contribution in [0.5, 0.6) is 5.75 Å². The van der Waals surface area contributed by atoms with Crippen LogP contribution in [0, 0.1) is 0 Å². The zero-order valence-corrected chi connectivity index (χ0v) is 17.7. The van der Waals surface area contributed by atoms with Crippen LogP contribution < -0.4 is 4.74 Å². The molecule has 1 heterocycles. The second-order valence-corrected chi connectivity index (χ2v) is 8.47. The fraction of sp³-hybridized carbons (Fsp3) is 0.154. The Morgan fingerprint density at radius 3 is 2.32 bits per heavy atom. The van der Waals surface area contributed by atoms with Crippen molar-refractivity contribution in [1.82, 2.24) is 4.90 Å². The van der Waals surface area contributed by atoms with Gasteiger partial charge in [-0.25, -0.2) is 0 Å². The molecular formula is C26H21NO3S. The summed E-state index contributed by atoms with van der Waals surface area (Å²) >= 11 is 1.06. The van der Waals surface area contributed by atoms with Gasteiger partial charge in [0.15, 0.2) is 0 Å². The van der Waals surface area contributed by atoms with Crippen molar-refractivity contribution in [3.63, 3.8) is 0 Å². The number of hydrogen-bond donors (Lipinski definition) is 0. The zero-order chi connectivity index (χ0) is 21.2. The van der Waals surface area contributed by atoms with Gasteiger partial charge in [-0.05, 0) is 33.4 Å². The Labute approximate surface area is 184 Å². The number of carbonyl (C=O) groups is 2. The number of benzene rings is 4. The fourth-order valence-electron chi connectivity index (χ4n) is 4.08. The van der Waals surface area contributed by atoms with Crippen LogP contribution in [0.25, 0.3) is 21.5 Å². The maximum absolute atomic E-state index is 12.0. The number of thioether (sulfide) groups is 1. The van der Waals surface area contributed by atoms with E-state index in [4.69, 9.17) is 4.74 Å². The topological polar surface area (TPSA) is 46.6 Å². The Hall–Kier alpha value is -3.31. The predicted octanol–water partition coefficient (Wildman–Crippen LogP) is 5.81. The maximum Gasteiger partial charge on any atom is 0.289 e. The van der Waals surface area contributed by atoms with Crippen LogP contribution in [-0.2, 0) is 17.8 Å². The Bertz CT molecular complexity index is 1280. The minimum Gasteiger partial charge on any atom is -0.493 e. The molecule has 0 atom stereocenters. The third-order valence-electron chi connectivity index (χ3n) is 5.65. The van der Waals surface area contributed by atoms with E-state index in [0.717, 1.165) is 40.3 Å². The number of hydrogen-bond acceptors (Lipinski definition) is 4. The standard InChI is InChI=1S/C26H21NO3S/c28-25-17-31-26(29)27(25)16-20-12-13-24(23-11-4-3-10-22(20)23)30-15-14-19-8-5-7-18-6-1-2-9-21(18)19/h1-13H,14-17H2. The highest BCUT2D eigenvalue weighted by atomic mass is 32.2. The molecule has 31 heavy (non-hydrogen) atoms. The number of carbonyl (C=O) groups excluding carboxylic acids is 2. The third kappa shape index (κ3) is 3.89. The Kier molecular flexibility index (Phi) is 5.35. The molecule has 5 heteroatoms. The van der Waals surface area contributed by atoms with E-state index >= 15 is 0 Å². The Morgan fingerprint density at radius 2 is 1.52 bits per heavy atom. The number of imide groups is 1. The lowest BCUT2D eigenvalue weighted by Gasteiger charge is -2.17. The maximum atomic E-state index is 12.0. The lowest BCUT2D eigenvalue weighted by molar-refractivity contribution is -0.124. The summed E-state index contributed by atoms with van der Waals surface area (Å²) in [5.74, 6) is 0.911. The monoisotopic (exact) mass is 427 g/mol. The van der Waals surface area contributed by atoms with Crippen LogP contribution in [0.1, 0.15) is 11.1 Å². The third-order valence-corrected chi connectivity index (χ3v) is 6.51. The van der Waals surface area contributed by atoms with Gasteiger partial charge < -0.3 is 4.74 Å². The molecule has 1 saturated heterocycles. The molecule has 0 bridgehead atoms. The average Bonchev–Trinajstić information content (AvgIpc) is 3.12. The first-order chi connectivity index (χ1) is 15.2. The average molecular weight is 428 g/mol. The van der Waals surface area contributed by atoms with Crippen LogP contribution >= 0.6 is 11.8 Å². The van der Waals surface area contributed by atoms with Gasteiger partial charge in [0.25, 0.3) is 5.24 Å². The molecule has 1 aliphatic heterocycles. The van der Waals surface area contributed by atoms with E-state index in [-0.39, 0.29) is 16.9 Å². The fourth-order valence-corrected chi connectivity index (χ4v) is 4.81. The van der Waals surface area contributed by atoms with Crippen molar-refractivity contribution in [2.45, 2.75) is 13.0 Å². The summed E-state index contributed by atoms with van der Waals surface area (Å²) in [6, 6.07) is 26.6. The molecule has 0 N–H and O–H groups in total. The SMILES string of the molecule is O=C1CSC(=O)N1Cc1ccc(OCCc2cccc3ccccc23)c2ccccc12. The lowest BCUT2D eigenvalue weighted by Crippen LogP contribution is -2.28. The normalized spacial score (nSPS) is 14.0. The van der Waals surface area contributed by atoms with E-state index in [2.05, 4.69) is 42.5 Å². The molecule has 0 spiro atoms. The van der Waals surface area contributed by atoms with Gasteiger partial charge in [-0.2, -0.15) is 0 Å². The molecule has 4 aromatic carbocycles. The van der Waals surface area contributed by atoms with E-state index in [1.807, 2.05) is 36.4 Å². The van der Waals surface area contributed by atoms with E-state index in [0.29, 0.717) is 13.2 Å². The molecule has 2 amide bonds. The van der Waals surface area contributed by atoms with Gasteiger partial charge >= 0.3 is 0 Å². The molecule has 0 aromatic heterocycles. The minimum absolute atomic E-state index is 0.130. The van der Waals surface area contributed by atoms with E-state index in [9.17, 15) is 9.59 Å². The van der Waals surface area contributed by atoms with Crippen molar-refractivity contribution in [3.8, 4) is 5.75 Å². The summed E-state index contributed by atoms with van der Waals surface area (Å²) in [5.41, 5.74) is 2.21. The number of rotatable bonds is 6. The van der Waals surface area contributed by atoms with Crippen LogP contribution in [0.15, 0.2) is 78.9 Å². The highest BCUT2D eigenvalue weighted by Crippen LogP contribution is 2.31. The van der Waals surface area contributed by atoms with Crippen LogP contribution in [0.4, 0.5) is 4.79 Å². The number of amides is 2. The number of nitrogens with zero attached hydrogens (tertiary/aromatic N) is 1. The molecular weight excluding hydrogens is 406 g/mol. The molecule has 1 aliphatic rings. The Balaban J connectivity index is 1.37. The van der Waals surface area contributed by atoms with Crippen molar-refractivity contribution in [1.29, 1.82) is 0 Å². The Morgan fingerprint density at radius 1 is 0.774 bits per heavy atom. The molecule has 0 saturated carbocycles. The predicted molar refractivity (Wildman–Crippen MR) is 125 cm³/mol. The molecule has 1 fully saturated rings. The zero-order valence-electron chi connectivity index (χ0n) is 16.9. The van der Waals surface area contributed by atoms with Crippen LogP contribution in [-0.4, -0.2) is 28.4 Å². The summed E-state index contributed by atoms with van der Waals surface area (Å²) < 4.78 is 6.19. The second-order valence-electron chi connectivity index (χ2n) is 7.54. The van der Waals surface area contributed by atoms with Gasteiger partial charge in [0.05, 0.1) is 18.9 Å². The number of fused-ring (bicyclic) bond motifs is 2. The molecule has 0 unspecified atom stereocenters. The van der Waals surface area contributed by atoms with Gasteiger partial charge in [0.1, 0.15) is 5.75 Å². The van der Waals surface area contributed by atoms with Crippen molar-refractivity contribution in [3.05, 3.63) is 90.0 Å². The van der Waals surface area contributed by atoms with E-state index in [1.54, 1.807) is 0 Å². The molecule has 4 aromatic rings. The summed E-state index contributed by atoms with van der Waals surface area (Å²) in [6.45, 7) is 0.860. The van der Waals surface area contributed by atoms with Crippen molar-refractivity contribution < 1.29 is 14.3 Å². The van der Waals surface area contributed by atoms with Crippen LogP contribution in [0.2, 0.25) is 0 Å². The molecule has 0 radical (unpaired) electrons. The van der Waals surface area contributed by atoms with Gasteiger partial charge in [-0.15, -0.1) is 0 Å². The lowest BCUT2D eigenvalue weighted by atomic mass is 10.0. The highest BCUT2D eigenvalue weighted by Gasteiger charge is 2.30. The quantitative estimate of drug-likeness (QED) is 0.390. The van der Waals surface area contributed by atoms with Crippen molar-refractivity contribution >= 4 is 44.5 Å². The second kappa shape index (κ2) is 8.44. The highest BCUT2D eigenvalue weighted by molar-refractivity contribution is 8.14. The van der Waals surface area contributed by atoms with Gasteiger partial charge in [0, 0.05) is 11.8 Å². The number of ether oxygens (including phenoxy) is 1. The van der Waals surface area contributed by atoms with Crippen molar-refractivity contribution in [2.24, 2.45) is 0 Å². The first-order valence-corrected chi connectivity index (χ1v) is 11.3. The van der Waals surface area contributed by atoms with Gasteiger partial charge in [-0.3, -0.25) is 14.5 Å². The molecule has 5 rings (SSSR count). The summed E-state index contributed by atoms with van der Waals surface area (Å²) in [6.07, 6.45) is 0.811. The summed E-state index contributed by atoms with van der Waals surface area (Å²) in [4.78, 5) is 25.4. The molecule has 0 aliphatic carbocycles. The van der Waals surface area contributed by atoms with Gasteiger partial charge in [-0.1, -0.05) is 84.6 Å². The molecule has 4 nitrogen and oxygen atoms in total. The first kappa shape index (κ1) is 19.6. The summed E-state index contributed by atoms with van der Waals surface area (Å²) in [5, 5.41) is 4.31. The van der Waals surface area contributed by atoms with Crippen LogP contribution in [0.3, 0.4) is 0 Å².